The highest BCUT2D eigenvalue weighted by Crippen LogP contribution is 2.47. The van der Waals surface area contributed by atoms with Crippen molar-refractivity contribution in [2.75, 3.05) is 13.7 Å². The van der Waals surface area contributed by atoms with Crippen molar-refractivity contribution in [2.45, 2.75) is 37.6 Å². The molecule has 0 radical (unpaired) electrons. The number of aliphatic carboxylic acids is 1. The van der Waals surface area contributed by atoms with Crippen molar-refractivity contribution in [3.8, 4) is 16.9 Å². The number of nitro groups is 1. The average Bonchev–Trinajstić information content (AvgIpc) is 3.27. The number of allylic oxidation sites excluding steroid dienone is 1. The third kappa shape index (κ3) is 3.77. The lowest BCUT2D eigenvalue weighted by molar-refractivity contribution is -0.441. The predicted molar refractivity (Wildman–Crippen MR) is 116 cm³/mol. The van der Waals surface area contributed by atoms with Gasteiger partial charge in [-0.1, -0.05) is 31.4 Å². The zero-order chi connectivity index (χ0) is 23.8. The third-order valence-corrected chi connectivity index (χ3v) is 6.33. The van der Waals surface area contributed by atoms with Crippen molar-refractivity contribution in [1.82, 2.24) is 9.88 Å². The molecule has 1 spiro atoms. The zero-order valence-corrected chi connectivity index (χ0v) is 18.0. The highest BCUT2D eigenvalue weighted by atomic mass is 16.6. The van der Waals surface area contributed by atoms with E-state index in [2.05, 4.69) is 5.32 Å². The molecule has 0 bridgehead atoms. The number of methoxy groups -OCH3 is 1. The molecular formula is C23H23N3O7. The maximum atomic E-state index is 13.4. The fourth-order valence-corrected chi connectivity index (χ4v) is 4.85. The van der Waals surface area contributed by atoms with Crippen LogP contribution < -0.4 is 10.1 Å². The fourth-order valence-electron chi connectivity index (χ4n) is 4.85. The van der Waals surface area contributed by atoms with Gasteiger partial charge in [-0.3, -0.25) is 24.5 Å². The maximum Gasteiger partial charge on any atom is 0.322 e. The Labute approximate surface area is 189 Å². The number of hydrogen-bond acceptors (Lipinski definition) is 6. The number of benzene rings is 1. The van der Waals surface area contributed by atoms with Crippen molar-refractivity contribution in [2.24, 2.45) is 0 Å². The first-order valence-corrected chi connectivity index (χ1v) is 10.6. The van der Waals surface area contributed by atoms with E-state index in [9.17, 15) is 24.5 Å². The van der Waals surface area contributed by atoms with Gasteiger partial charge in [0.25, 0.3) is 11.6 Å². The minimum Gasteiger partial charge on any atom is -0.497 e. The summed E-state index contributed by atoms with van der Waals surface area (Å²) in [5.41, 5.74) is -0.564. The molecule has 1 aromatic heterocycles. The molecule has 1 aliphatic carbocycles. The highest BCUT2D eigenvalue weighted by Gasteiger charge is 2.54. The molecule has 2 N–H and O–H groups in total. The van der Waals surface area contributed by atoms with Crippen molar-refractivity contribution >= 4 is 17.7 Å². The number of ether oxygens (including phenoxy) is 1. The quantitative estimate of drug-likeness (QED) is 0.389. The van der Waals surface area contributed by atoms with Crippen LogP contribution in [0.25, 0.3) is 11.1 Å². The Kier molecular flexibility index (Phi) is 5.75. The molecule has 10 nitrogen and oxygen atoms in total. The van der Waals surface area contributed by atoms with Gasteiger partial charge in [0, 0.05) is 11.8 Å². The molecule has 1 amide bonds. The summed E-state index contributed by atoms with van der Waals surface area (Å²) in [5, 5.41) is 23.3. The van der Waals surface area contributed by atoms with Crippen molar-refractivity contribution in [1.29, 1.82) is 0 Å². The lowest BCUT2D eigenvalue weighted by atomic mass is 9.74. The molecule has 2 heterocycles. The summed E-state index contributed by atoms with van der Waals surface area (Å²) in [7, 11) is 1.55. The van der Waals surface area contributed by atoms with Crippen LogP contribution in [-0.4, -0.2) is 45.9 Å². The SMILES string of the molecule is COc1ccc(-c2cc3n(c2)C2(CCCCC2)C([N+](=O)[O-])=C(C(=O)NCC(=O)O)C3=O)cc1. The van der Waals surface area contributed by atoms with Crippen LogP contribution in [0.4, 0.5) is 0 Å². The summed E-state index contributed by atoms with van der Waals surface area (Å²) in [6, 6.07) is 8.81. The average molecular weight is 453 g/mol. The van der Waals surface area contributed by atoms with E-state index in [1.54, 1.807) is 36.1 Å². The summed E-state index contributed by atoms with van der Waals surface area (Å²) >= 11 is 0. The maximum absolute atomic E-state index is 13.4. The molecule has 10 heteroatoms. The Morgan fingerprint density at radius 1 is 1.18 bits per heavy atom. The molecule has 4 rings (SSSR count). The van der Waals surface area contributed by atoms with Gasteiger partial charge < -0.3 is 19.7 Å². The molecule has 0 saturated heterocycles. The molecule has 1 fully saturated rings. The number of nitrogens with zero attached hydrogens (tertiary/aromatic N) is 2. The summed E-state index contributed by atoms with van der Waals surface area (Å²) in [6.45, 7) is -0.744. The number of amides is 1. The number of Topliss-reactive ketones (excluding diaryl/α,β-unsaturated/α-hetero) is 1. The number of carbonyl (C=O) groups is 3. The number of carboxylic acid groups (broad SMARTS) is 1. The molecule has 1 aliphatic heterocycles. The van der Waals surface area contributed by atoms with E-state index in [0.717, 1.165) is 12.0 Å². The molecule has 172 valence electrons. The van der Waals surface area contributed by atoms with Crippen LogP contribution in [0, 0.1) is 10.1 Å². The Hall–Kier alpha value is -3.95. The summed E-state index contributed by atoms with van der Waals surface area (Å²) in [6.07, 6.45) is 4.82. The Balaban J connectivity index is 1.89. The van der Waals surface area contributed by atoms with E-state index < -0.39 is 45.9 Å². The second-order valence-corrected chi connectivity index (χ2v) is 8.19. The van der Waals surface area contributed by atoms with Crippen LogP contribution in [0.2, 0.25) is 0 Å². The first-order chi connectivity index (χ1) is 15.8. The molecule has 1 saturated carbocycles. The van der Waals surface area contributed by atoms with Gasteiger partial charge in [0.1, 0.15) is 17.8 Å². The summed E-state index contributed by atoms with van der Waals surface area (Å²) in [4.78, 5) is 48.7. The van der Waals surface area contributed by atoms with Gasteiger partial charge in [0.15, 0.2) is 5.57 Å². The first-order valence-electron chi connectivity index (χ1n) is 10.6. The van der Waals surface area contributed by atoms with Gasteiger partial charge in [-0.25, -0.2) is 0 Å². The monoisotopic (exact) mass is 453 g/mol. The van der Waals surface area contributed by atoms with E-state index in [4.69, 9.17) is 9.84 Å². The number of aromatic nitrogens is 1. The van der Waals surface area contributed by atoms with Crippen LogP contribution in [0.3, 0.4) is 0 Å². The largest absolute Gasteiger partial charge is 0.497 e. The normalized spacial score (nSPS) is 16.9. The summed E-state index contributed by atoms with van der Waals surface area (Å²) < 4.78 is 6.84. The molecule has 0 unspecified atom stereocenters. The lowest BCUT2D eigenvalue weighted by Crippen LogP contribution is -2.48. The van der Waals surface area contributed by atoms with Crippen molar-refractivity contribution in [3.63, 3.8) is 0 Å². The minimum absolute atomic E-state index is 0.175. The molecule has 2 aromatic rings. The van der Waals surface area contributed by atoms with E-state index in [-0.39, 0.29) is 5.69 Å². The van der Waals surface area contributed by atoms with E-state index in [0.29, 0.717) is 37.0 Å². The van der Waals surface area contributed by atoms with Crippen LogP contribution >= 0.6 is 0 Å². The van der Waals surface area contributed by atoms with Gasteiger partial charge in [0.05, 0.1) is 17.7 Å². The minimum atomic E-state index is -1.31. The van der Waals surface area contributed by atoms with E-state index >= 15 is 0 Å². The number of hydrogen-bond donors (Lipinski definition) is 2. The number of nitrogens with one attached hydrogen (secondary N) is 1. The molecule has 1 aromatic carbocycles. The van der Waals surface area contributed by atoms with Crippen LogP contribution in [0.15, 0.2) is 47.8 Å². The van der Waals surface area contributed by atoms with Crippen LogP contribution in [0.5, 0.6) is 5.75 Å². The van der Waals surface area contributed by atoms with Gasteiger partial charge in [-0.05, 0) is 36.6 Å². The van der Waals surface area contributed by atoms with E-state index in [1.165, 1.54) is 0 Å². The summed E-state index contributed by atoms with van der Waals surface area (Å²) in [5.74, 6) is -2.48. The van der Waals surface area contributed by atoms with Crippen LogP contribution in [-0.2, 0) is 15.1 Å². The Morgan fingerprint density at radius 2 is 1.85 bits per heavy atom. The first kappa shape index (κ1) is 22.3. The van der Waals surface area contributed by atoms with Crippen LogP contribution in [0.1, 0.15) is 42.6 Å². The predicted octanol–water partition coefficient (Wildman–Crippen LogP) is 2.75. The topological polar surface area (TPSA) is 141 Å². The Bertz CT molecular complexity index is 1170. The zero-order valence-electron chi connectivity index (χ0n) is 18.0. The van der Waals surface area contributed by atoms with Gasteiger partial charge in [-0.2, -0.15) is 0 Å². The molecule has 0 atom stereocenters. The lowest BCUT2D eigenvalue weighted by Gasteiger charge is -2.40. The second kappa shape index (κ2) is 8.53. The number of carboxylic acids is 1. The van der Waals surface area contributed by atoms with E-state index in [1.807, 2.05) is 12.1 Å². The highest BCUT2D eigenvalue weighted by molar-refractivity contribution is 6.26. The fraction of sp³-hybridized carbons (Fsp3) is 0.348. The standard InChI is InChI=1S/C23H23N3O7/c1-33-16-7-5-14(6-8-16)15-11-17-20(29)19(22(30)24-12-18(27)28)21(26(31)32)23(25(17)13-15)9-3-2-4-10-23/h5-8,11,13H,2-4,9-10,12H2,1H3,(H,24,30)(H,27,28). The van der Waals surface area contributed by atoms with Crippen molar-refractivity contribution < 1.29 is 29.2 Å². The number of fused-ring (bicyclic) bond motifs is 2. The smallest absolute Gasteiger partial charge is 0.322 e. The number of carbonyl (C=O) groups excluding carboxylic acids is 2. The van der Waals surface area contributed by atoms with Gasteiger partial charge in [0.2, 0.25) is 5.78 Å². The Morgan fingerprint density at radius 3 is 2.42 bits per heavy atom. The third-order valence-electron chi connectivity index (χ3n) is 6.33. The number of rotatable bonds is 6. The number of ketones is 1. The molecule has 33 heavy (non-hydrogen) atoms. The van der Waals surface area contributed by atoms with Crippen molar-refractivity contribution in [3.05, 3.63) is 63.6 Å². The molecule has 2 aliphatic rings. The molecular weight excluding hydrogens is 430 g/mol. The second-order valence-electron chi connectivity index (χ2n) is 8.19. The van der Waals surface area contributed by atoms with Gasteiger partial charge >= 0.3 is 5.97 Å². The van der Waals surface area contributed by atoms with Gasteiger partial charge in [-0.15, -0.1) is 0 Å².